The third-order valence-electron chi connectivity index (χ3n) is 6.55. The standard InChI is InChI=1S/C20H24N8O3/c1-13-7-20(19(30)28(13)16-6-18(29)31-11-16)4-2-14(3-5-20)21-8-15-9-23-17(10-22-15)27-12-24-25-26-27/h6,9-10,12-14,21H,2-5,7-8,11H2,1H3/t13-,14-,20+/m1/s1. The highest BCUT2D eigenvalue weighted by molar-refractivity contribution is 5.91. The molecule has 11 nitrogen and oxygen atoms in total. The lowest BCUT2D eigenvalue weighted by molar-refractivity contribution is -0.138. The molecule has 0 unspecified atom stereocenters. The molecule has 1 amide bonds. The number of nitrogens with one attached hydrogen (secondary N) is 1. The average Bonchev–Trinajstić information content (AvgIpc) is 3.50. The molecule has 2 aromatic heterocycles. The van der Waals surface area contributed by atoms with Crippen molar-refractivity contribution in [3.63, 3.8) is 0 Å². The molecule has 1 N–H and O–H groups in total. The second-order valence-electron chi connectivity index (χ2n) is 8.53. The van der Waals surface area contributed by atoms with Gasteiger partial charge in [-0.25, -0.2) is 9.78 Å². The normalized spacial score (nSPS) is 28.3. The SMILES string of the molecule is C[C@@H]1C[C@]2(CC[C@H](NCc3cnc(-n4cnnn4)cn3)CC2)C(=O)N1C1=CC(=O)OC1. The summed E-state index contributed by atoms with van der Waals surface area (Å²) in [7, 11) is 0. The maximum absolute atomic E-state index is 13.3. The van der Waals surface area contributed by atoms with Crippen LogP contribution >= 0.6 is 0 Å². The number of esters is 1. The van der Waals surface area contributed by atoms with Gasteiger partial charge in [-0.1, -0.05) is 0 Å². The fourth-order valence-electron chi connectivity index (χ4n) is 4.98. The number of carbonyl (C=O) groups is 2. The highest BCUT2D eigenvalue weighted by Gasteiger charge is 2.52. The van der Waals surface area contributed by atoms with Gasteiger partial charge in [-0.2, -0.15) is 4.68 Å². The summed E-state index contributed by atoms with van der Waals surface area (Å²) in [5.74, 6) is 0.348. The average molecular weight is 424 g/mol. The molecule has 0 radical (unpaired) electrons. The third-order valence-corrected chi connectivity index (χ3v) is 6.55. The Labute approximate surface area is 178 Å². The van der Waals surface area contributed by atoms with E-state index < -0.39 is 0 Å². The van der Waals surface area contributed by atoms with Crippen molar-refractivity contribution < 1.29 is 14.3 Å². The predicted octanol–water partition coefficient (Wildman–Crippen LogP) is 0.532. The van der Waals surface area contributed by atoms with Gasteiger partial charge in [0.05, 0.1) is 29.2 Å². The van der Waals surface area contributed by atoms with Crippen LogP contribution < -0.4 is 5.32 Å². The zero-order valence-electron chi connectivity index (χ0n) is 17.3. The monoisotopic (exact) mass is 424 g/mol. The first-order valence-corrected chi connectivity index (χ1v) is 10.5. The van der Waals surface area contributed by atoms with Crippen LogP contribution in [0.5, 0.6) is 0 Å². The van der Waals surface area contributed by atoms with Crippen molar-refractivity contribution in [1.29, 1.82) is 0 Å². The van der Waals surface area contributed by atoms with Crippen LogP contribution in [0.15, 0.2) is 30.5 Å². The van der Waals surface area contributed by atoms with E-state index >= 15 is 0 Å². The lowest BCUT2D eigenvalue weighted by Gasteiger charge is -2.36. The van der Waals surface area contributed by atoms with Crippen molar-refractivity contribution in [2.75, 3.05) is 6.61 Å². The molecule has 2 aromatic rings. The van der Waals surface area contributed by atoms with Gasteiger partial charge in [0.1, 0.15) is 12.9 Å². The van der Waals surface area contributed by atoms with Gasteiger partial charge in [-0.3, -0.25) is 9.78 Å². The summed E-state index contributed by atoms with van der Waals surface area (Å²) in [6, 6.07) is 0.422. The van der Waals surface area contributed by atoms with Crippen LogP contribution in [0.4, 0.5) is 0 Å². The first-order chi connectivity index (χ1) is 15.0. The van der Waals surface area contributed by atoms with E-state index in [0.29, 0.717) is 24.1 Å². The van der Waals surface area contributed by atoms with E-state index in [0.717, 1.165) is 37.8 Å². The van der Waals surface area contributed by atoms with Crippen molar-refractivity contribution in [1.82, 2.24) is 40.4 Å². The second-order valence-corrected chi connectivity index (χ2v) is 8.53. The van der Waals surface area contributed by atoms with E-state index in [1.807, 2.05) is 0 Å². The minimum absolute atomic E-state index is 0.0896. The smallest absolute Gasteiger partial charge is 0.333 e. The Kier molecular flexibility index (Phi) is 4.97. The van der Waals surface area contributed by atoms with Crippen molar-refractivity contribution >= 4 is 11.9 Å². The molecule has 11 heteroatoms. The zero-order chi connectivity index (χ0) is 21.4. The first kappa shape index (κ1) is 19.7. The van der Waals surface area contributed by atoms with E-state index in [-0.39, 0.29) is 29.9 Å². The van der Waals surface area contributed by atoms with E-state index in [9.17, 15) is 9.59 Å². The first-order valence-electron chi connectivity index (χ1n) is 10.5. The zero-order valence-corrected chi connectivity index (χ0v) is 17.3. The van der Waals surface area contributed by atoms with Crippen molar-refractivity contribution in [2.24, 2.45) is 5.41 Å². The van der Waals surface area contributed by atoms with Gasteiger partial charge < -0.3 is 15.0 Å². The van der Waals surface area contributed by atoms with Gasteiger partial charge in [0, 0.05) is 24.7 Å². The molecule has 3 aliphatic rings. The topological polar surface area (TPSA) is 128 Å². The molecule has 1 saturated heterocycles. The second kappa shape index (κ2) is 7.80. The fourth-order valence-corrected chi connectivity index (χ4v) is 4.98. The van der Waals surface area contributed by atoms with Crippen LogP contribution in [0.3, 0.4) is 0 Å². The van der Waals surface area contributed by atoms with Crippen LogP contribution in [0.2, 0.25) is 0 Å². The highest BCUT2D eigenvalue weighted by Crippen LogP contribution is 2.48. The molecular weight excluding hydrogens is 400 g/mol. The molecule has 1 saturated carbocycles. The van der Waals surface area contributed by atoms with Crippen molar-refractivity contribution in [3.05, 3.63) is 36.2 Å². The number of carbonyl (C=O) groups excluding carboxylic acids is 2. The van der Waals surface area contributed by atoms with Gasteiger partial charge in [0.2, 0.25) is 5.91 Å². The van der Waals surface area contributed by atoms with E-state index in [2.05, 4.69) is 37.7 Å². The number of nitrogens with zero attached hydrogens (tertiary/aromatic N) is 7. The largest absolute Gasteiger partial charge is 0.456 e. The number of aromatic nitrogens is 6. The van der Waals surface area contributed by atoms with Crippen molar-refractivity contribution in [2.45, 2.75) is 57.7 Å². The molecule has 4 heterocycles. The van der Waals surface area contributed by atoms with Gasteiger partial charge in [-0.05, 0) is 49.5 Å². The Morgan fingerprint density at radius 1 is 1.23 bits per heavy atom. The van der Waals surface area contributed by atoms with Crippen LogP contribution in [-0.4, -0.2) is 65.6 Å². The Morgan fingerprint density at radius 2 is 2.06 bits per heavy atom. The molecule has 0 aromatic carbocycles. The van der Waals surface area contributed by atoms with E-state index in [4.69, 9.17) is 4.74 Å². The Bertz CT molecular complexity index is 996. The minimum atomic E-state index is -0.363. The van der Waals surface area contributed by atoms with Crippen LogP contribution in [0.25, 0.3) is 5.82 Å². The third kappa shape index (κ3) is 3.69. The summed E-state index contributed by atoms with van der Waals surface area (Å²) in [6.07, 6.45) is 10.6. The van der Waals surface area contributed by atoms with Gasteiger partial charge in [0.15, 0.2) is 5.82 Å². The molecule has 31 heavy (non-hydrogen) atoms. The fraction of sp³-hybridized carbons (Fsp3) is 0.550. The lowest BCUT2D eigenvalue weighted by atomic mass is 9.70. The molecule has 1 spiro atoms. The van der Waals surface area contributed by atoms with Crippen molar-refractivity contribution in [3.8, 4) is 5.82 Å². The van der Waals surface area contributed by atoms with Gasteiger partial charge in [-0.15, -0.1) is 5.10 Å². The van der Waals surface area contributed by atoms with Crippen LogP contribution in [0, 0.1) is 5.41 Å². The minimum Gasteiger partial charge on any atom is -0.456 e. The summed E-state index contributed by atoms with van der Waals surface area (Å²) in [6.45, 7) is 2.87. The van der Waals surface area contributed by atoms with E-state index in [1.54, 1.807) is 17.3 Å². The van der Waals surface area contributed by atoms with Crippen LogP contribution in [-0.2, 0) is 20.9 Å². The molecule has 2 aliphatic heterocycles. The maximum Gasteiger partial charge on any atom is 0.333 e. The maximum atomic E-state index is 13.3. The van der Waals surface area contributed by atoms with E-state index in [1.165, 1.54) is 17.1 Å². The van der Waals surface area contributed by atoms with Crippen LogP contribution in [0.1, 0.15) is 44.7 Å². The summed E-state index contributed by atoms with van der Waals surface area (Å²) >= 11 is 0. The highest BCUT2D eigenvalue weighted by atomic mass is 16.5. The summed E-state index contributed by atoms with van der Waals surface area (Å²) < 4.78 is 6.47. The lowest BCUT2D eigenvalue weighted by Crippen LogP contribution is -2.42. The number of ether oxygens (including phenoxy) is 1. The van der Waals surface area contributed by atoms with Gasteiger partial charge >= 0.3 is 5.97 Å². The number of cyclic esters (lactones) is 1. The Balaban J connectivity index is 1.16. The molecular formula is C20H24N8O3. The number of rotatable bonds is 5. The predicted molar refractivity (Wildman–Crippen MR) is 106 cm³/mol. The molecule has 1 aliphatic carbocycles. The number of likely N-dealkylation sites (tertiary alicyclic amines) is 1. The Morgan fingerprint density at radius 3 is 2.71 bits per heavy atom. The summed E-state index contributed by atoms with van der Waals surface area (Å²) in [4.78, 5) is 35.3. The van der Waals surface area contributed by atoms with Gasteiger partial charge in [0.25, 0.3) is 0 Å². The number of amides is 1. The summed E-state index contributed by atoms with van der Waals surface area (Å²) in [5, 5.41) is 14.5. The molecule has 0 bridgehead atoms. The molecule has 2 fully saturated rings. The molecule has 162 valence electrons. The quantitative estimate of drug-likeness (QED) is 0.684. The Hall–Kier alpha value is -3.21. The number of tetrazole rings is 1. The molecule has 1 atom stereocenters. The molecule has 5 rings (SSSR count). The number of hydrogen-bond donors (Lipinski definition) is 1. The number of hydrogen-bond acceptors (Lipinski definition) is 9. The summed E-state index contributed by atoms with van der Waals surface area (Å²) in [5.41, 5.74) is 1.21.